The van der Waals surface area contributed by atoms with E-state index in [1.54, 1.807) is 11.9 Å². The molecule has 0 saturated heterocycles. The van der Waals surface area contributed by atoms with Crippen LogP contribution in [0.3, 0.4) is 0 Å². The molecule has 23 heavy (non-hydrogen) atoms. The molecule has 4 heteroatoms. The van der Waals surface area contributed by atoms with Crippen molar-refractivity contribution in [2.24, 2.45) is 5.73 Å². The number of amides is 1. The molecule has 2 aromatic rings. The van der Waals surface area contributed by atoms with Crippen LogP contribution in [0.5, 0.6) is 0 Å². The van der Waals surface area contributed by atoms with Gasteiger partial charge >= 0.3 is 6.09 Å². The lowest BCUT2D eigenvalue weighted by atomic mass is 9.93. The van der Waals surface area contributed by atoms with Crippen molar-refractivity contribution in [3.8, 4) is 0 Å². The third-order valence-corrected chi connectivity index (χ3v) is 3.75. The minimum atomic E-state index is -0.497. The van der Waals surface area contributed by atoms with Crippen LogP contribution >= 0.6 is 0 Å². The predicted octanol–water partition coefficient (Wildman–Crippen LogP) is 3.75. The van der Waals surface area contributed by atoms with E-state index >= 15 is 0 Å². The minimum absolute atomic E-state index is 0.0682. The molecule has 0 aromatic heterocycles. The number of likely N-dealkylation sites (N-methyl/N-ethyl adjacent to an activating group) is 1. The van der Waals surface area contributed by atoms with Gasteiger partial charge in [0.25, 0.3) is 0 Å². The van der Waals surface area contributed by atoms with Gasteiger partial charge in [0.2, 0.25) is 0 Å². The van der Waals surface area contributed by atoms with Gasteiger partial charge < -0.3 is 15.4 Å². The molecule has 2 rings (SSSR count). The van der Waals surface area contributed by atoms with E-state index in [0.717, 1.165) is 0 Å². The summed E-state index contributed by atoms with van der Waals surface area (Å²) in [6, 6.07) is 14.4. The fraction of sp³-hybridized carbons (Fsp3) is 0.421. The molecule has 2 N–H and O–H groups in total. The Hall–Kier alpha value is -2.07. The number of carbonyl (C=O) groups excluding carboxylic acids is 1. The summed E-state index contributed by atoms with van der Waals surface area (Å²) in [5.41, 5.74) is 6.66. The molecule has 1 amide bonds. The van der Waals surface area contributed by atoms with Crippen LogP contribution < -0.4 is 5.73 Å². The fourth-order valence-electron chi connectivity index (χ4n) is 2.65. The second kappa shape index (κ2) is 7.01. The molecule has 0 radical (unpaired) electrons. The van der Waals surface area contributed by atoms with Crippen LogP contribution in [0.2, 0.25) is 0 Å². The van der Waals surface area contributed by atoms with E-state index in [4.69, 9.17) is 10.5 Å². The summed E-state index contributed by atoms with van der Waals surface area (Å²) in [5.74, 6) is 0.0682. The standard InChI is InChI=1S/C19H26N2O2/c1-19(2,3)23-18(22)21(4)13-15(12-20)17-11-7-9-14-8-5-6-10-16(14)17/h5-11,15H,12-13,20H2,1-4H3. The maximum Gasteiger partial charge on any atom is 0.410 e. The van der Waals surface area contributed by atoms with E-state index < -0.39 is 5.60 Å². The van der Waals surface area contributed by atoms with Crippen molar-refractivity contribution >= 4 is 16.9 Å². The molecule has 1 unspecified atom stereocenters. The van der Waals surface area contributed by atoms with Gasteiger partial charge in [-0.15, -0.1) is 0 Å². The first kappa shape index (κ1) is 17.3. The quantitative estimate of drug-likeness (QED) is 0.935. The lowest BCUT2D eigenvalue weighted by molar-refractivity contribution is 0.0290. The van der Waals surface area contributed by atoms with Gasteiger partial charge in [0, 0.05) is 26.1 Å². The van der Waals surface area contributed by atoms with Crippen molar-refractivity contribution in [1.29, 1.82) is 0 Å². The number of rotatable bonds is 4. The van der Waals surface area contributed by atoms with Crippen LogP contribution in [-0.4, -0.2) is 36.7 Å². The first-order valence-electron chi connectivity index (χ1n) is 7.93. The second-order valence-corrected chi connectivity index (χ2v) is 6.86. The second-order valence-electron chi connectivity index (χ2n) is 6.86. The molecule has 0 aliphatic rings. The van der Waals surface area contributed by atoms with Gasteiger partial charge in [0.05, 0.1) is 0 Å². The Morgan fingerprint density at radius 1 is 1.17 bits per heavy atom. The number of hydrogen-bond acceptors (Lipinski definition) is 3. The lowest BCUT2D eigenvalue weighted by Crippen LogP contribution is -2.37. The monoisotopic (exact) mass is 314 g/mol. The SMILES string of the molecule is CN(CC(CN)c1cccc2ccccc12)C(=O)OC(C)(C)C. The van der Waals surface area contributed by atoms with Crippen molar-refractivity contribution in [2.75, 3.05) is 20.1 Å². The molecule has 0 spiro atoms. The number of nitrogens with two attached hydrogens (primary N) is 1. The highest BCUT2D eigenvalue weighted by Gasteiger charge is 2.22. The van der Waals surface area contributed by atoms with Gasteiger partial charge in [-0.2, -0.15) is 0 Å². The van der Waals surface area contributed by atoms with E-state index in [-0.39, 0.29) is 12.0 Å². The van der Waals surface area contributed by atoms with E-state index in [1.807, 2.05) is 39.0 Å². The average molecular weight is 314 g/mol. The number of benzene rings is 2. The van der Waals surface area contributed by atoms with E-state index in [9.17, 15) is 4.79 Å². The molecule has 0 aliphatic carbocycles. The summed E-state index contributed by atoms with van der Waals surface area (Å²) in [5, 5.41) is 2.37. The van der Waals surface area contributed by atoms with E-state index in [0.29, 0.717) is 13.1 Å². The highest BCUT2D eigenvalue weighted by Crippen LogP contribution is 2.26. The maximum atomic E-state index is 12.2. The van der Waals surface area contributed by atoms with Gasteiger partial charge in [-0.1, -0.05) is 42.5 Å². The molecular formula is C19H26N2O2. The molecule has 0 saturated carbocycles. The average Bonchev–Trinajstić information content (AvgIpc) is 2.50. The van der Waals surface area contributed by atoms with Crippen LogP contribution in [-0.2, 0) is 4.74 Å². The minimum Gasteiger partial charge on any atom is -0.444 e. The maximum absolute atomic E-state index is 12.2. The predicted molar refractivity (Wildman–Crippen MR) is 94.6 cm³/mol. The Balaban J connectivity index is 2.21. The Morgan fingerprint density at radius 2 is 1.83 bits per heavy atom. The molecule has 1 atom stereocenters. The normalized spacial score (nSPS) is 12.9. The number of carbonyl (C=O) groups is 1. The van der Waals surface area contributed by atoms with Crippen LogP contribution in [0.1, 0.15) is 32.3 Å². The summed E-state index contributed by atoms with van der Waals surface area (Å²) in [7, 11) is 1.75. The van der Waals surface area contributed by atoms with Crippen molar-refractivity contribution in [2.45, 2.75) is 32.3 Å². The van der Waals surface area contributed by atoms with E-state index in [1.165, 1.54) is 16.3 Å². The van der Waals surface area contributed by atoms with Crippen LogP contribution in [0.15, 0.2) is 42.5 Å². The molecular weight excluding hydrogens is 288 g/mol. The number of hydrogen-bond donors (Lipinski definition) is 1. The van der Waals surface area contributed by atoms with Crippen molar-refractivity contribution in [3.05, 3.63) is 48.0 Å². The number of fused-ring (bicyclic) bond motifs is 1. The third-order valence-electron chi connectivity index (χ3n) is 3.75. The summed E-state index contributed by atoms with van der Waals surface area (Å²) < 4.78 is 5.41. The summed E-state index contributed by atoms with van der Waals surface area (Å²) in [4.78, 5) is 13.8. The third kappa shape index (κ3) is 4.45. The van der Waals surface area contributed by atoms with Crippen LogP contribution in [0, 0.1) is 0 Å². The largest absolute Gasteiger partial charge is 0.444 e. The molecule has 124 valence electrons. The fourth-order valence-corrected chi connectivity index (χ4v) is 2.65. The van der Waals surface area contributed by atoms with Gasteiger partial charge in [-0.3, -0.25) is 0 Å². The van der Waals surface area contributed by atoms with Crippen LogP contribution in [0.4, 0.5) is 4.79 Å². The molecule has 2 aromatic carbocycles. The van der Waals surface area contributed by atoms with Crippen molar-refractivity contribution in [1.82, 2.24) is 4.90 Å². The Morgan fingerprint density at radius 3 is 2.48 bits per heavy atom. The molecule has 0 bridgehead atoms. The summed E-state index contributed by atoms with van der Waals surface area (Å²) in [6.45, 7) is 6.60. The molecule has 0 fully saturated rings. The molecule has 0 heterocycles. The highest BCUT2D eigenvalue weighted by atomic mass is 16.6. The highest BCUT2D eigenvalue weighted by molar-refractivity contribution is 5.86. The first-order valence-corrected chi connectivity index (χ1v) is 7.93. The van der Waals surface area contributed by atoms with Crippen molar-refractivity contribution in [3.63, 3.8) is 0 Å². The number of nitrogens with zero attached hydrogens (tertiary/aromatic N) is 1. The topological polar surface area (TPSA) is 55.6 Å². The Bertz CT molecular complexity index is 671. The summed E-state index contributed by atoms with van der Waals surface area (Å²) in [6.07, 6.45) is -0.323. The zero-order valence-corrected chi connectivity index (χ0v) is 14.4. The Labute approximate surface area is 138 Å². The molecule has 0 aliphatic heterocycles. The molecule has 4 nitrogen and oxygen atoms in total. The zero-order chi connectivity index (χ0) is 17.0. The van der Waals surface area contributed by atoms with Crippen LogP contribution in [0.25, 0.3) is 10.8 Å². The lowest BCUT2D eigenvalue weighted by Gasteiger charge is -2.27. The van der Waals surface area contributed by atoms with Gasteiger partial charge in [0.15, 0.2) is 0 Å². The Kier molecular flexibility index (Phi) is 5.26. The van der Waals surface area contributed by atoms with Crippen molar-refractivity contribution < 1.29 is 9.53 Å². The van der Waals surface area contributed by atoms with Gasteiger partial charge in [-0.25, -0.2) is 4.79 Å². The first-order chi connectivity index (χ1) is 10.8. The zero-order valence-electron chi connectivity index (χ0n) is 14.4. The van der Waals surface area contributed by atoms with Gasteiger partial charge in [0.1, 0.15) is 5.60 Å². The van der Waals surface area contributed by atoms with E-state index in [2.05, 4.69) is 24.3 Å². The smallest absolute Gasteiger partial charge is 0.410 e. The van der Waals surface area contributed by atoms with Gasteiger partial charge in [-0.05, 0) is 37.1 Å². The summed E-state index contributed by atoms with van der Waals surface area (Å²) >= 11 is 0. The number of ether oxygens (including phenoxy) is 1.